The summed E-state index contributed by atoms with van der Waals surface area (Å²) in [5, 5.41) is 1.56. The van der Waals surface area contributed by atoms with Crippen molar-refractivity contribution in [2.75, 3.05) is 6.61 Å². The molecule has 2 aromatic carbocycles. The molecule has 2 heterocycles. The van der Waals surface area contributed by atoms with Crippen LogP contribution < -0.4 is 0 Å². The normalized spacial score (nSPS) is 30.7. The Morgan fingerprint density at radius 1 is 1.10 bits per heavy atom. The monoisotopic (exact) mass is 440 g/mol. The van der Waals surface area contributed by atoms with Crippen LogP contribution in [0.5, 0.6) is 0 Å². The van der Waals surface area contributed by atoms with Gasteiger partial charge in [-0.05, 0) is 62.4 Å². The van der Waals surface area contributed by atoms with Gasteiger partial charge in [0.2, 0.25) is 0 Å². The molecule has 1 fully saturated rings. The van der Waals surface area contributed by atoms with Gasteiger partial charge >= 0.3 is 5.90 Å². The number of benzene rings is 2. The molecule has 4 heteroatoms. The third-order valence-corrected chi connectivity index (χ3v) is 7.59. The predicted molar refractivity (Wildman–Crippen MR) is 124 cm³/mol. The second-order valence-electron chi connectivity index (χ2n) is 9.34. The van der Waals surface area contributed by atoms with Crippen LogP contribution >= 0.6 is 23.2 Å². The summed E-state index contributed by atoms with van der Waals surface area (Å²) in [7, 11) is 0. The van der Waals surface area contributed by atoms with E-state index >= 15 is 0 Å². The van der Waals surface area contributed by atoms with Crippen LogP contribution in [0.15, 0.2) is 61.2 Å². The van der Waals surface area contributed by atoms with Crippen molar-refractivity contribution >= 4 is 29.1 Å². The van der Waals surface area contributed by atoms with Crippen molar-refractivity contribution in [3.63, 3.8) is 0 Å². The molecule has 4 atom stereocenters. The van der Waals surface area contributed by atoms with Crippen LogP contribution in [0.2, 0.25) is 10.0 Å². The molecule has 2 nitrogen and oxygen atoms in total. The van der Waals surface area contributed by atoms with Crippen molar-refractivity contribution in [2.45, 2.75) is 50.6 Å². The molecule has 5 rings (SSSR count). The molecule has 0 radical (unpaired) electrons. The molecule has 3 aliphatic rings. The van der Waals surface area contributed by atoms with E-state index in [2.05, 4.69) is 48.4 Å². The fourth-order valence-electron chi connectivity index (χ4n) is 5.59. The highest BCUT2D eigenvalue weighted by atomic mass is 35.5. The molecule has 0 amide bonds. The van der Waals surface area contributed by atoms with Gasteiger partial charge in [-0.2, -0.15) is 4.58 Å². The van der Waals surface area contributed by atoms with Crippen LogP contribution in [0.3, 0.4) is 0 Å². The molecule has 0 spiro atoms. The van der Waals surface area contributed by atoms with E-state index in [0.29, 0.717) is 12.0 Å². The Labute approximate surface area is 189 Å². The Hall–Kier alpha value is -1.77. The van der Waals surface area contributed by atoms with Gasteiger partial charge in [-0.15, -0.1) is 6.58 Å². The standard InChI is InChI=1S/C26H28Cl2NO/c1-3-13-26(2)15-22(19-5-4-6-21(28)14-19)24(18-9-11-20(27)12-10-18)29-23(17-7-8-17)16-30-25(26)29/h3-6,9-12,14,17,22-24H,1,7-8,13,15-16H2,2H3/q+1. The summed E-state index contributed by atoms with van der Waals surface area (Å²) in [5.41, 5.74) is 2.51. The third kappa shape index (κ3) is 3.48. The van der Waals surface area contributed by atoms with Gasteiger partial charge in [0.25, 0.3) is 0 Å². The van der Waals surface area contributed by atoms with Crippen molar-refractivity contribution in [3.8, 4) is 0 Å². The lowest BCUT2D eigenvalue weighted by Gasteiger charge is -2.38. The smallest absolute Gasteiger partial charge is 0.343 e. The minimum Gasteiger partial charge on any atom is -0.441 e. The fourth-order valence-corrected chi connectivity index (χ4v) is 5.91. The summed E-state index contributed by atoms with van der Waals surface area (Å²) in [4.78, 5) is 0. The van der Waals surface area contributed by atoms with Crippen LogP contribution in [0, 0.1) is 11.3 Å². The maximum Gasteiger partial charge on any atom is 0.343 e. The van der Waals surface area contributed by atoms with Gasteiger partial charge in [-0.25, -0.2) is 0 Å². The van der Waals surface area contributed by atoms with Crippen molar-refractivity contribution in [2.24, 2.45) is 11.3 Å². The van der Waals surface area contributed by atoms with E-state index < -0.39 is 0 Å². The van der Waals surface area contributed by atoms with Crippen LogP contribution in [0.25, 0.3) is 0 Å². The third-order valence-electron chi connectivity index (χ3n) is 7.10. The summed E-state index contributed by atoms with van der Waals surface area (Å²) >= 11 is 12.7. The quantitative estimate of drug-likeness (QED) is 0.359. The van der Waals surface area contributed by atoms with Gasteiger partial charge in [0, 0.05) is 21.5 Å². The van der Waals surface area contributed by atoms with E-state index in [4.69, 9.17) is 27.9 Å². The molecule has 0 bridgehead atoms. The minimum absolute atomic E-state index is 0.0682. The first kappa shape index (κ1) is 20.2. The van der Waals surface area contributed by atoms with E-state index in [1.54, 1.807) is 0 Å². The molecule has 156 valence electrons. The zero-order valence-electron chi connectivity index (χ0n) is 17.4. The van der Waals surface area contributed by atoms with E-state index in [9.17, 15) is 0 Å². The van der Waals surface area contributed by atoms with Gasteiger partial charge in [-0.3, -0.25) is 0 Å². The first-order valence-corrected chi connectivity index (χ1v) is 11.7. The Morgan fingerprint density at radius 2 is 1.87 bits per heavy atom. The maximum atomic E-state index is 6.47. The van der Waals surface area contributed by atoms with E-state index in [0.717, 1.165) is 41.3 Å². The zero-order chi connectivity index (χ0) is 20.9. The first-order chi connectivity index (χ1) is 14.5. The molecule has 0 N–H and O–H groups in total. The second kappa shape index (κ2) is 7.73. The Morgan fingerprint density at radius 3 is 2.53 bits per heavy atom. The number of nitrogens with zero attached hydrogens (tertiary/aromatic N) is 1. The van der Waals surface area contributed by atoms with E-state index in [-0.39, 0.29) is 11.5 Å². The summed E-state index contributed by atoms with van der Waals surface area (Å²) in [6.45, 7) is 7.18. The summed E-state index contributed by atoms with van der Waals surface area (Å²) in [6.07, 6.45) is 6.53. The molecule has 0 aromatic heterocycles. The number of ether oxygens (including phenoxy) is 1. The fraction of sp³-hybridized carbons (Fsp3) is 0.423. The van der Waals surface area contributed by atoms with Crippen LogP contribution in [0.4, 0.5) is 0 Å². The summed E-state index contributed by atoms with van der Waals surface area (Å²) in [5.74, 6) is 2.18. The second-order valence-corrected chi connectivity index (χ2v) is 10.2. The number of rotatable bonds is 5. The summed E-state index contributed by atoms with van der Waals surface area (Å²) in [6, 6.07) is 17.4. The Balaban J connectivity index is 1.71. The van der Waals surface area contributed by atoms with E-state index in [1.807, 2.05) is 24.3 Å². The topological polar surface area (TPSA) is 12.2 Å². The lowest BCUT2D eigenvalue weighted by atomic mass is 9.69. The SMILES string of the molecule is C=CCC1(C)CC(c2cccc(Cl)c2)C(c2ccc(Cl)cc2)[N+]2=C1OCC2C1CC1. The molecule has 1 saturated carbocycles. The number of allylic oxidation sites excluding steroid dienone is 1. The van der Waals surface area contributed by atoms with Crippen molar-refractivity contribution in [1.29, 1.82) is 0 Å². The van der Waals surface area contributed by atoms with E-state index in [1.165, 1.54) is 24.0 Å². The average molecular weight is 441 g/mol. The first-order valence-electron chi connectivity index (χ1n) is 10.9. The highest BCUT2D eigenvalue weighted by Crippen LogP contribution is 2.53. The number of hydrogen-bond acceptors (Lipinski definition) is 1. The lowest BCUT2D eigenvalue weighted by molar-refractivity contribution is -0.614. The molecular formula is C26H28Cl2NO+. The van der Waals surface area contributed by atoms with Crippen molar-refractivity contribution < 1.29 is 9.31 Å². The van der Waals surface area contributed by atoms with Crippen LogP contribution in [-0.4, -0.2) is 23.1 Å². The van der Waals surface area contributed by atoms with Gasteiger partial charge < -0.3 is 4.74 Å². The molecule has 0 saturated heterocycles. The Kier molecular flexibility index (Phi) is 5.19. The molecule has 30 heavy (non-hydrogen) atoms. The van der Waals surface area contributed by atoms with Crippen LogP contribution in [0.1, 0.15) is 55.7 Å². The molecule has 2 aliphatic heterocycles. The molecule has 1 aliphatic carbocycles. The number of halogens is 2. The minimum atomic E-state index is -0.0682. The van der Waals surface area contributed by atoms with Crippen molar-refractivity contribution in [1.82, 2.24) is 0 Å². The van der Waals surface area contributed by atoms with Gasteiger partial charge in [-0.1, -0.05) is 53.5 Å². The maximum absolute atomic E-state index is 6.47. The molecule has 2 aromatic rings. The highest BCUT2D eigenvalue weighted by Gasteiger charge is 2.59. The Bertz CT molecular complexity index is 994. The van der Waals surface area contributed by atoms with Crippen molar-refractivity contribution in [3.05, 3.63) is 82.4 Å². The zero-order valence-corrected chi connectivity index (χ0v) is 18.9. The predicted octanol–water partition coefficient (Wildman–Crippen LogP) is 7.02. The lowest BCUT2D eigenvalue weighted by Crippen LogP contribution is -2.46. The summed E-state index contributed by atoms with van der Waals surface area (Å²) < 4.78 is 9.09. The average Bonchev–Trinajstić information content (AvgIpc) is 3.47. The van der Waals surface area contributed by atoms with Crippen LogP contribution in [-0.2, 0) is 4.74 Å². The largest absolute Gasteiger partial charge is 0.441 e. The molecule has 4 unspecified atom stereocenters. The molecular weight excluding hydrogens is 413 g/mol. The van der Waals surface area contributed by atoms with Gasteiger partial charge in [0.05, 0.1) is 11.3 Å². The van der Waals surface area contributed by atoms with Gasteiger partial charge in [0.1, 0.15) is 0 Å². The number of hydrogen-bond donors (Lipinski definition) is 0. The highest BCUT2D eigenvalue weighted by molar-refractivity contribution is 6.30. The van der Waals surface area contributed by atoms with Gasteiger partial charge in [0.15, 0.2) is 18.7 Å².